The van der Waals surface area contributed by atoms with Gasteiger partial charge >= 0.3 is 0 Å². The van der Waals surface area contributed by atoms with Gasteiger partial charge in [0, 0.05) is 19.6 Å². The number of nitrogens with zero attached hydrogens (tertiary/aromatic N) is 1. The van der Waals surface area contributed by atoms with Crippen LogP contribution in [-0.4, -0.2) is 52.7 Å². The van der Waals surface area contributed by atoms with E-state index in [9.17, 15) is 0 Å². The molecule has 1 aromatic rings. The molecule has 0 radical (unpaired) electrons. The molecule has 24 heavy (non-hydrogen) atoms. The summed E-state index contributed by atoms with van der Waals surface area (Å²) < 4.78 is 12.0. The molecule has 1 saturated heterocycles. The van der Waals surface area contributed by atoms with E-state index in [4.69, 9.17) is 9.16 Å². The summed E-state index contributed by atoms with van der Waals surface area (Å²) in [6, 6.07) is 10.6. The summed E-state index contributed by atoms with van der Waals surface area (Å²) in [6.45, 7) is 16.9. The zero-order valence-corrected chi connectivity index (χ0v) is 17.0. The molecule has 1 aliphatic heterocycles. The van der Waals surface area contributed by atoms with E-state index in [1.54, 1.807) is 0 Å². The fourth-order valence-electron chi connectivity index (χ4n) is 2.45. The Labute approximate surface area is 148 Å². The predicted octanol–water partition coefficient (Wildman–Crippen LogP) is 4.42. The summed E-state index contributed by atoms with van der Waals surface area (Å²) >= 11 is 0. The molecule has 4 heteroatoms. The summed E-state index contributed by atoms with van der Waals surface area (Å²) in [6.07, 6.45) is 2.29. The van der Waals surface area contributed by atoms with Gasteiger partial charge in [-0.25, -0.2) is 0 Å². The number of benzene rings is 1. The maximum atomic E-state index is 6.48. The molecule has 134 valence electrons. The lowest BCUT2D eigenvalue weighted by atomic mass is 10.1. The van der Waals surface area contributed by atoms with Crippen molar-refractivity contribution in [3.05, 3.63) is 41.5 Å². The zero-order valence-electron chi connectivity index (χ0n) is 16.0. The van der Waals surface area contributed by atoms with E-state index >= 15 is 0 Å². The molecule has 0 bridgehead atoms. The fraction of sp³-hybridized carbons (Fsp3) is 0.600. The highest BCUT2D eigenvalue weighted by molar-refractivity contribution is 6.74. The zero-order chi connectivity index (χ0) is 17.6. The van der Waals surface area contributed by atoms with E-state index in [-0.39, 0.29) is 5.04 Å². The van der Waals surface area contributed by atoms with Gasteiger partial charge in [-0.1, -0.05) is 57.2 Å². The monoisotopic (exact) mass is 347 g/mol. The molecule has 0 aromatic heterocycles. The van der Waals surface area contributed by atoms with Gasteiger partial charge in [-0.15, -0.1) is 0 Å². The molecule has 0 unspecified atom stereocenters. The second-order valence-corrected chi connectivity index (χ2v) is 13.0. The molecule has 0 atom stereocenters. The van der Waals surface area contributed by atoms with E-state index in [2.05, 4.69) is 75.2 Å². The largest absolute Gasteiger partial charge is 0.413 e. The molecular formula is C20H33NO2Si. The van der Waals surface area contributed by atoms with Gasteiger partial charge in [0.15, 0.2) is 8.32 Å². The van der Waals surface area contributed by atoms with E-state index in [0.717, 1.165) is 39.5 Å². The van der Waals surface area contributed by atoms with Gasteiger partial charge in [0.25, 0.3) is 0 Å². The normalized spacial score (nSPS) is 18.0. The first-order valence-corrected chi connectivity index (χ1v) is 11.9. The van der Waals surface area contributed by atoms with Crippen LogP contribution in [0.3, 0.4) is 0 Å². The molecule has 1 fully saturated rings. The minimum absolute atomic E-state index is 0.240. The third kappa shape index (κ3) is 5.85. The van der Waals surface area contributed by atoms with Gasteiger partial charge < -0.3 is 9.16 Å². The lowest BCUT2D eigenvalue weighted by Gasteiger charge is -2.37. The van der Waals surface area contributed by atoms with Crippen molar-refractivity contribution in [3.8, 4) is 0 Å². The molecular weight excluding hydrogens is 314 g/mol. The van der Waals surface area contributed by atoms with Crippen LogP contribution in [0.15, 0.2) is 35.9 Å². The summed E-state index contributed by atoms with van der Waals surface area (Å²) in [5.41, 5.74) is 2.60. The third-order valence-electron chi connectivity index (χ3n) is 5.13. The van der Waals surface area contributed by atoms with Crippen LogP contribution in [0, 0.1) is 0 Å². The lowest BCUT2D eigenvalue weighted by Crippen LogP contribution is -2.42. The first-order chi connectivity index (χ1) is 11.3. The van der Waals surface area contributed by atoms with Gasteiger partial charge in [0.2, 0.25) is 0 Å². The van der Waals surface area contributed by atoms with Crippen LogP contribution >= 0.6 is 0 Å². The first kappa shape index (κ1) is 19.4. The van der Waals surface area contributed by atoms with E-state index < -0.39 is 8.32 Å². The van der Waals surface area contributed by atoms with Crippen LogP contribution in [0.1, 0.15) is 26.3 Å². The van der Waals surface area contributed by atoms with Crippen LogP contribution in [0.5, 0.6) is 0 Å². The van der Waals surface area contributed by atoms with Gasteiger partial charge in [-0.05, 0) is 29.3 Å². The second kappa shape index (κ2) is 8.43. The summed E-state index contributed by atoms with van der Waals surface area (Å²) in [5, 5.41) is 0.240. The number of morpholine rings is 1. The predicted molar refractivity (Wildman–Crippen MR) is 105 cm³/mol. The van der Waals surface area contributed by atoms with Crippen molar-refractivity contribution >= 4 is 14.4 Å². The number of ether oxygens (including phenoxy) is 1. The van der Waals surface area contributed by atoms with Crippen LogP contribution in [0.2, 0.25) is 18.1 Å². The van der Waals surface area contributed by atoms with Crippen molar-refractivity contribution in [2.75, 3.05) is 39.5 Å². The molecule has 0 N–H and O–H groups in total. The number of hydrogen-bond acceptors (Lipinski definition) is 3. The Kier molecular flexibility index (Phi) is 6.81. The van der Waals surface area contributed by atoms with Crippen molar-refractivity contribution < 1.29 is 9.16 Å². The van der Waals surface area contributed by atoms with Gasteiger partial charge in [0.1, 0.15) is 0 Å². The molecule has 0 spiro atoms. The Balaban J connectivity index is 2.09. The maximum Gasteiger partial charge on any atom is 0.192 e. The Morgan fingerprint density at radius 2 is 1.79 bits per heavy atom. The molecule has 3 nitrogen and oxygen atoms in total. The van der Waals surface area contributed by atoms with E-state index in [1.165, 1.54) is 11.1 Å². The molecule has 0 saturated carbocycles. The average Bonchev–Trinajstić information content (AvgIpc) is 2.53. The molecule has 2 rings (SSSR count). The smallest absolute Gasteiger partial charge is 0.192 e. The topological polar surface area (TPSA) is 21.7 Å². The fourth-order valence-corrected chi connectivity index (χ4v) is 3.43. The number of hydrogen-bond donors (Lipinski definition) is 0. The Morgan fingerprint density at radius 3 is 2.38 bits per heavy atom. The van der Waals surface area contributed by atoms with E-state index in [0.29, 0.717) is 0 Å². The van der Waals surface area contributed by atoms with Crippen molar-refractivity contribution in [3.63, 3.8) is 0 Å². The maximum absolute atomic E-state index is 6.48. The minimum atomic E-state index is -1.73. The Bertz CT molecular complexity index is 528. The first-order valence-electron chi connectivity index (χ1n) is 8.96. The quantitative estimate of drug-likeness (QED) is 0.711. The summed E-state index contributed by atoms with van der Waals surface area (Å²) in [4.78, 5) is 2.47. The molecule has 1 aromatic carbocycles. The van der Waals surface area contributed by atoms with Crippen LogP contribution in [-0.2, 0) is 9.16 Å². The molecule has 0 amide bonds. The second-order valence-electron chi connectivity index (χ2n) is 8.15. The highest BCUT2D eigenvalue weighted by Gasteiger charge is 2.37. The van der Waals surface area contributed by atoms with Crippen molar-refractivity contribution in [2.45, 2.75) is 38.9 Å². The highest BCUT2D eigenvalue weighted by Crippen LogP contribution is 2.36. The van der Waals surface area contributed by atoms with Crippen molar-refractivity contribution in [1.29, 1.82) is 0 Å². The van der Waals surface area contributed by atoms with Gasteiger partial charge in [-0.3, -0.25) is 4.90 Å². The van der Waals surface area contributed by atoms with Crippen LogP contribution < -0.4 is 0 Å². The molecule has 0 aliphatic carbocycles. The Morgan fingerprint density at radius 1 is 1.17 bits per heavy atom. The van der Waals surface area contributed by atoms with Gasteiger partial charge in [0.05, 0.1) is 19.8 Å². The molecule has 1 heterocycles. The number of rotatable bonds is 6. The molecule has 1 aliphatic rings. The van der Waals surface area contributed by atoms with E-state index in [1.807, 2.05) is 0 Å². The Hall–Kier alpha value is -0.943. The highest BCUT2D eigenvalue weighted by atomic mass is 28.4. The van der Waals surface area contributed by atoms with Gasteiger partial charge in [-0.2, -0.15) is 0 Å². The minimum Gasteiger partial charge on any atom is -0.413 e. The van der Waals surface area contributed by atoms with Crippen molar-refractivity contribution in [1.82, 2.24) is 4.90 Å². The SMILES string of the molecule is CC(C)(C)[Si](C)(C)OCC(=Cc1ccccc1)CN1CCOCC1. The standard InChI is InChI=1S/C20H33NO2Si/c1-20(2,3)24(4,5)23-17-19(15-18-9-7-6-8-10-18)16-21-11-13-22-14-12-21/h6-10,15H,11-14,16-17H2,1-5H3. The summed E-state index contributed by atoms with van der Waals surface area (Å²) in [7, 11) is -1.73. The average molecular weight is 348 g/mol. The van der Waals surface area contributed by atoms with Crippen LogP contribution in [0.4, 0.5) is 0 Å². The van der Waals surface area contributed by atoms with Crippen molar-refractivity contribution in [2.24, 2.45) is 0 Å². The lowest BCUT2D eigenvalue weighted by molar-refractivity contribution is 0.0414. The summed E-state index contributed by atoms with van der Waals surface area (Å²) in [5.74, 6) is 0. The van der Waals surface area contributed by atoms with Crippen LogP contribution in [0.25, 0.3) is 6.08 Å². The third-order valence-corrected chi connectivity index (χ3v) is 9.60.